The minimum atomic E-state index is -0.706. The molecule has 1 aromatic heterocycles. The van der Waals surface area contributed by atoms with Crippen molar-refractivity contribution in [3.8, 4) is 11.5 Å². The van der Waals surface area contributed by atoms with Crippen LogP contribution in [0.4, 0.5) is 8.78 Å². The van der Waals surface area contributed by atoms with Crippen LogP contribution in [0.5, 0.6) is 0 Å². The third-order valence-electron chi connectivity index (χ3n) is 5.08. The number of oxazole rings is 1. The molecule has 0 spiro atoms. The Labute approximate surface area is 154 Å². The normalized spacial score (nSPS) is 18.0. The van der Waals surface area contributed by atoms with Crippen molar-refractivity contribution < 1.29 is 22.8 Å². The van der Waals surface area contributed by atoms with Gasteiger partial charge in [0.1, 0.15) is 29.1 Å². The summed E-state index contributed by atoms with van der Waals surface area (Å²) in [5.74, 6) is -0.786. The van der Waals surface area contributed by atoms with Gasteiger partial charge < -0.3 is 14.2 Å². The average Bonchev–Trinajstić information content (AvgIpc) is 3.25. The van der Waals surface area contributed by atoms with Gasteiger partial charge in [-0.25, -0.2) is 13.8 Å². The van der Waals surface area contributed by atoms with E-state index in [1.54, 1.807) is 16.7 Å². The minimum Gasteiger partial charge on any atom is -0.441 e. The maximum atomic E-state index is 13.4. The Hall–Kier alpha value is -2.77. The van der Waals surface area contributed by atoms with Crippen LogP contribution in [0.2, 0.25) is 0 Å². The number of fused-ring (bicyclic) bond motifs is 1. The lowest BCUT2D eigenvalue weighted by Gasteiger charge is -2.31. The second kappa shape index (κ2) is 6.75. The van der Waals surface area contributed by atoms with Crippen LogP contribution >= 0.6 is 0 Å². The van der Waals surface area contributed by atoms with E-state index in [1.807, 2.05) is 0 Å². The van der Waals surface area contributed by atoms with Gasteiger partial charge in [0.15, 0.2) is 0 Å². The van der Waals surface area contributed by atoms with Gasteiger partial charge in [0.05, 0.1) is 6.54 Å². The molecule has 0 saturated carbocycles. The molecule has 3 heterocycles. The van der Waals surface area contributed by atoms with Crippen LogP contribution in [0.15, 0.2) is 22.6 Å². The molecule has 2 aliphatic heterocycles. The van der Waals surface area contributed by atoms with E-state index in [0.717, 1.165) is 24.6 Å². The summed E-state index contributed by atoms with van der Waals surface area (Å²) in [6.07, 6.45) is 1.72. The standard InChI is InChI=1S/C19H19F2N3O3/c1-11(24-5-2-3-17(24)25)19(26)23-6-4-16-15(10-23)22-18(27-16)12-7-13(20)9-14(21)8-12/h7-9,11H,2-6,10H2,1H3. The third kappa shape index (κ3) is 3.31. The first kappa shape index (κ1) is 17.6. The van der Waals surface area contributed by atoms with Crippen LogP contribution < -0.4 is 0 Å². The number of rotatable bonds is 3. The van der Waals surface area contributed by atoms with E-state index in [9.17, 15) is 18.4 Å². The van der Waals surface area contributed by atoms with Crippen LogP contribution in [0.25, 0.3) is 11.5 Å². The highest BCUT2D eigenvalue weighted by molar-refractivity contribution is 5.88. The predicted molar refractivity (Wildman–Crippen MR) is 91.4 cm³/mol. The lowest BCUT2D eigenvalue weighted by atomic mass is 10.1. The molecule has 1 fully saturated rings. The Morgan fingerprint density at radius 3 is 2.59 bits per heavy atom. The van der Waals surface area contributed by atoms with Crippen molar-refractivity contribution in [1.29, 1.82) is 0 Å². The molecule has 1 saturated heterocycles. The molecular weight excluding hydrogens is 356 g/mol. The molecule has 27 heavy (non-hydrogen) atoms. The van der Waals surface area contributed by atoms with E-state index in [0.29, 0.717) is 37.4 Å². The fourth-order valence-corrected chi connectivity index (χ4v) is 3.66. The third-order valence-corrected chi connectivity index (χ3v) is 5.08. The molecule has 0 radical (unpaired) electrons. The first-order valence-electron chi connectivity index (χ1n) is 8.95. The van der Waals surface area contributed by atoms with Gasteiger partial charge in [-0.05, 0) is 25.5 Å². The summed E-state index contributed by atoms with van der Waals surface area (Å²) in [7, 11) is 0. The summed E-state index contributed by atoms with van der Waals surface area (Å²) in [6.45, 7) is 3.04. The zero-order valence-corrected chi connectivity index (χ0v) is 14.9. The quantitative estimate of drug-likeness (QED) is 0.827. The zero-order chi connectivity index (χ0) is 19.1. The van der Waals surface area contributed by atoms with Crippen molar-refractivity contribution in [2.24, 2.45) is 0 Å². The summed E-state index contributed by atoms with van der Waals surface area (Å²) in [5, 5.41) is 0. The van der Waals surface area contributed by atoms with Crippen LogP contribution in [0, 0.1) is 11.6 Å². The van der Waals surface area contributed by atoms with E-state index < -0.39 is 17.7 Å². The Morgan fingerprint density at radius 1 is 1.19 bits per heavy atom. The van der Waals surface area contributed by atoms with Gasteiger partial charge in [-0.3, -0.25) is 9.59 Å². The fraction of sp³-hybridized carbons (Fsp3) is 0.421. The topological polar surface area (TPSA) is 66.7 Å². The maximum absolute atomic E-state index is 13.4. The van der Waals surface area contributed by atoms with Crippen molar-refractivity contribution in [3.05, 3.63) is 41.3 Å². The number of nitrogens with zero attached hydrogens (tertiary/aromatic N) is 3. The van der Waals surface area contributed by atoms with Crippen molar-refractivity contribution in [3.63, 3.8) is 0 Å². The second-order valence-electron chi connectivity index (χ2n) is 6.92. The van der Waals surface area contributed by atoms with Crippen molar-refractivity contribution in [2.75, 3.05) is 13.1 Å². The predicted octanol–water partition coefficient (Wildman–Crippen LogP) is 2.52. The van der Waals surface area contributed by atoms with Crippen molar-refractivity contribution >= 4 is 11.8 Å². The lowest BCUT2D eigenvalue weighted by molar-refractivity contribution is -0.143. The number of halogens is 2. The highest BCUT2D eigenvalue weighted by atomic mass is 19.1. The smallest absolute Gasteiger partial charge is 0.245 e. The molecule has 0 aliphatic carbocycles. The van der Waals surface area contributed by atoms with E-state index in [1.165, 1.54) is 0 Å². The van der Waals surface area contributed by atoms with Crippen molar-refractivity contribution in [2.45, 2.75) is 38.8 Å². The van der Waals surface area contributed by atoms with E-state index in [4.69, 9.17) is 4.42 Å². The van der Waals surface area contributed by atoms with Crippen LogP contribution in [0.1, 0.15) is 31.2 Å². The molecule has 2 aliphatic rings. The van der Waals surface area contributed by atoms with Gasteiger partial charge >= 0.3 is 0 Å². The van der Waals surface area contributed by atoms with Gasteiger partial charge in [0.25, 0.3) is 0 Å². The Balaban J connectivity index is 1.52. The fourth-order valence-electron chi connectivity index (χ4n) is 3.66. The van der Waals surface area contributed by atoms with Crippen LogP contribution in [0.3, 0.4) is 0 Å². The van der Waals surface area contributed by atoms with E-state index >= 15 is 0 Å². The molecule has 142 valence electrons. The first-order chi connectivity index (χ1) is 12.9. The molecule has 2 aromatic rings. The number of aromatic nitrogens is 1. The zero-order valence-electron chi connectivity index (χ0n) is 14.9. The first-order valence-corrected chi connectivity index (χ1v) is 8.95. The van der Waals surface area contributed by atoms with Gasteiger partial charge in [0.2, 0.25) is 17.7 Å². The molecule has 1 aromatic carbocycles. The van der Waals surface area contributed by atoms with Crippen LogP contribution in [-0.4, -0.2) is 45.7 Å². The number of amides is 2. The largest absolute Gasteiger partial charge is 0.441 e. The maximum Gasteiger partial charge on any atom is 0.245 e. The summed E-state index contributed by atoms with van der Waals surface area (Å²) in [6, 6.07) is 2.59. The summed E-state index contributed by atoms with van der Waals surface area (Å²) < 4.78 is 32.5. The highest BCUT2D eigenvalue weighted by Gasteiger charge is 2.34. The van der Waals surface area contributed by atoms with E-state index in [2.05, 4.69) is 4.98 Å². The average molecular weight is 375 g/mol. The Kier molecular flexibility index (Phi) is 4.41. The SMILES string of the molecule is CC(C(=O)N1CCc2oc(-c3cc(F)cc(F)c3)nc2C1)N1CCCC1=O. The molecule has 6 nitrogen and oxygen atoms in total. The monoisotopic (exact) mass is 375 g/mol. The molecule has 4 rings (SSSR count). The minimum absolute atomic E-state index is 0.00500. The Bertz CT molecular complexity index is 891. The van der Waals surface area contributed by atoms with Gasteiger partial charge in [-0.2, -0.15) is 0 Å². The molecule has 1 unspecified atom stereocenters. The van der Waals surface area contributed by atoms with Gasteiger partial charge in [-0.15, -0.1) is 0 Å². The number of hydrogen-bond acceptors (Lipinski definition) is 4. The van der Waals surface area contributed by atoms with Crippen LogP contribution in [-0.2, 0) is 22.6 Å². The van der Waals surface area contributed by atoms with E-state index in [-0.39, 0.29) is 29.8 Å². The molecule has 0 bridgehead atoms. The summed E-state index contributed by atoms with van der Waals surface area (Å²) in [5.41, 5.74) is 0.796. The molecule has 1 atom stereocenters. The number of carbonyl (C=O) groups is 2. The summed E-state index contributed by atoms with van der Waals surface area (Å²) in [4.78, 5) is 32.3. The van der Waals surface area contributed by atoms with Gasteiger partial charge in [-0.1, -0.05) is 0 Å². The molecular formula is C19H19F2N3O3. The second-order valence-corrected chi connectivity index (χ2v) is 6.92. The molecule has 2 amide bonds. The highest BCUT2D eigenvalue weighted by Crippen LogP contribution is 2.28. The van der Waals surface area contributed by atoms with Gasteiger partial charge in [0, 0.05) is 37.6 Å². The number of carbonyl (C=O) groups excluding carboxylic acids is 2. The summed E-state index contributed by atoms with van der Waals surface area (Å²) >= 11 is 0. The Morgan fingerprint density at radius 2 is 1.93 bits per heavy atom. The number of likely N-dealkylation sites (tertiary alicyclic amines) is 1. The number of benzene rings is 1. The number of hydrogen-bond donors (Lipinski definition) is 0. The lowest BCUT2D eigenvalue weighted by Crippen LogP contribution is -2.48. The van der Waals surface area contributed by atoms with Crippen molar-refractivity contribution in [1.82, 2.24) is 14.8 Å². The molecule has 0 N–H and O–H groups in total. The molecule has 8 heteroatoms.